The summed E-state index contributed by atoms with van der Waals surface area (Å²) in [6.45, 7) is 4.45. The Labute approximate surface area is 163 Å². The smallest absolute Gasteiger partial charge is 0.297 e. The molecule has 0 aromatic carbocycles. The van der Waals surface area contributed by atoms with Gasteiger partial charge in [0, 0.05) is 67.6 Å². The lowest BCUT2D eigenvalue weighted by Gasteiger charge is -2.17. The Bertz CT molecular complexity index is 1050. The van der Waals surface area contributed by atoms with Crippen LogP contribution in [-0.4, -0.2) is 29.8 Å². The number of fused-ring (bicyclic) bond motifs is 4. The first-order valence-corrected chi connectivity index (χ1v) is 11.1. The Morgan fingerprint density at radius 3 is 1.44 bits per heavy atom. The first-order valence-electron chi connectivity index (χ1n) is 8.58. The lowest BCUT2D eigenvalue weighted by atomic mass is 10.0. The van der Waals surface area contributed by atoms with E-state index in [0.717, 1.165) is 9.13 Å². The molecule has 3 rings (SSSR count). The summed E-state index contributed by atoms with van der Waals surface area (Å²) in [5.74, 6) is 1.41. The van der Waals surface area contributed by atoms with Crippen LogP contribution < -0.4 is 22.5 Å². The minimum absolute atomic E-state index is 0.0951. The van der Waals surface area contributed by atoms with Crippen LogP contribution in [-0.2, 0) is 33.6 Å². The maximum Gasteiger partial charge on any atom is 0.330 e. The van der Waals surface area contributed by atoms with Gasteiger partial charge >= 0.3 is 11.4 Å². The van der Waals surface area contributed by atoms with Crippen LogP contribution in [0.4, 0.5) is 0 Å². The van der Waals surface area contributed by atoms with Gasteiger partial charge in [0.25, 0.3) is 11.1 Å². The summed E-state index contributed by atoms with van der Waals surface area (Å²) < 4.78 is 5.38. The number of hydrogen-bond donors (Lipinski definition) is 0. The maximum absolute atomic E-state index is 12.7. The molecule has 0 amide bonds. The Morgan fingerprint density at radius 1 is 0.704 bits per heavy atom. The molecule has 1 aliphatic heterocycles. The molecule has 10 heteroatoms. The summed E-state index contributed by atoms with van der Waals surface area (Å²) in [4.78, 5) is 50.5. The van der Waals surface area contributed by atoms with Gasteiger partial charge < -0.3 is 0 Å². The molecule has 0 saturated carbocycles. The maximum atomic E-state index is 12.7. The standard InChI is InChI=1S/C17H22N4O4S2/c1-10-12-9-13-11(2)21(17(25)19(4)15(13)23)6-8-27-26-7-5-20(10)16(24)18(3)14(12)22/h5-9H2,1-4H3. The Hall–Kier alpha value is -1.94. The van der Waals surface area contributed by atoms with E-state index in [0.29, 0.717) is 47.1 Å². The van der Waals surface area contributed by atoms with E-state index in [1.54, 1.807) is 44.6 Å². The minimum atomic E-state index is -0.398. The number of rotatable bonds is 0. The summed E-state index contributed by atoms with van der Waals surface area (Å²) >= 11 is 0. The van der Waals surface area contributed by atoms with E-state index in [-0.39, 0.29) is 17.8 Å². The normalized spacial score (nSPS) is 15.0. The van der Waals surface area contributed by atoms with Crippen molar-refractivity contribution in [3.8, 4) is 0 Å². The molecule has 0 unspecified atom stereocenters. The zero-order valence-electron chi connectivity index (χ0n) is 15.8. The topological polar surface area (TPSA) is 88.0 Å². The van der Waals surface area contributed by atoms with Crippen molar-refractivity contribution in [2.24, 2.45) is 14.1 Å². The van der Waals surface area contributed by atoms with Crippen molar-refractivity contribution in [3.05, 3.63) is 64.2 Å². The molecular formula is C17H22N4O4S2. The fourth-order valence-corrected chi connectivity index (χ4v) is 5.25. The van der Waals surface area contributed by atoms with Crippen molar-refractivity contribution in [3.63, 3.8) is 0 Å². The molecular weight excluding hydrogens is 388 g/mol. The predicted octanol–water partition coefficient (Wildman–Crippen LogP) is 0.0100. The second-order valence-electron chi connectivity index (χ2n) is 6.55. The average Bonchev–Trinajstić information content (AvgIpc) is 2.65. The van der Waals surface area contributed by atoms with Gasteiger partial charge in [-0.25, -0.2) is 9.59 Å². The van der Waals surface area contributed by atoms with Gasteiger partial charge in [-0.1, -0.05) is 21.6 Å². The molecule has 0 radical (unpaired) electrons. The predicted molar refractivity (Wildman–Crippen MR) is 109 cm³/mol. The third-order valence-corrected chi connectivity index (χ3v) is 7.44. The van der Waals surface area contributed by atoms with Crippen molar-refractivity contribution < 1.29 is 0 Å². The van der Waals surface area contributed by atoms with Gasteiger partial charge in [0.1, 0.15) is 0 Å². The lowest BCUT2D eigenvalue weighted by molar-refractivity contribution is 0.592. The van der Waals surface area contributed by atoms with Crippen LogP contribution in [0.15, 0.2) is 19.2 Å². The summed E-state index contributed by atoms with van der Waals surface area (Å²) in [6.07, 6.45) is 0.0951. The molecule has 8 nitrogen and oxygen atoms in total. The molecule has 0 aliphatic carbocycles. The van der Waals surface area contributed by atoms with Crippen LogP contribution in [0.2, 0.25) is 0 Å². The van der Waals surface area contributed by atoms with Gasteiger partial charge in [0.05, 0.1) is 0 Å². The molecule has 1 aliphatic rings. The highest BCUT2D eigenvalue weighted by Crippen LogP contribution is 2.22. The average molecular weight is 411 g/mol. The van der Waals surface area contributed by atoms with Gasteiger partial charge in [-0.3, -0.25) is 27.9 Å². The van der Waals surface area contributed by atoms with E-state index in [9.17, 15) is 19.2 Å². The van der Waals surface area contributed by atoms with Crippen LogP contribution in [0.25, 0.3) is 0 Å². The zero-order chi connectivity index (χ0) is 19.9. The highest BCUT2D eigenvalue weighted by molar-refractivity contribution is 8.76. The summed E-state index contributed by atoms with van der Waals surface area (Å²) in [7, 11) is 6.15. The van der Waals surface area contributed by atoms with E-state index >= 15 is 0 Å². The fourth-order valence-electron chi connectivity index (χ4n) is 3.35. The molecule has 2 aromatic heterocycles. The number of aromatic nitrogens is 4. The molecule has 0 spiro atoms. The Balaban J connectivity index is 2.35. The van der Waals surface area contributed by atoms with Crippen molar-refractivity contribution >= 4 is 21.6 Å². The second kappa shape index (κ2) is 7.59. The molecule has 4 bridgehead atoms. The highest BCUT2D eigenvalue weighted by Gasteiger charge is 2.20. The highest BCUT2D eigenvalue weighted by atomic mass is 33.1. The molecule has 0 saturated heterocycles. The number of nitrogens with zero attached hydrogens (tertiary/aromatic N) is 4. The number of hydrogen-bond acceptors (Lipinski definition) is 6. The Morgan fingerprint density at radius 2 is 1.07 bits per heavy atom. The minimum Gasteiger partial charge on any atom is -0.297 e. The van der Waals surface area contributed by atoms with E-state index in [1.807, 2.05) is 0 Å². The molecule has 146 valence electrons. The van der Waals surface area contributed by atoms with Crippen LogP contribution in [0, 0.1) is 13.8 Å². The quantitative estimate of drug-likeness (QED) is 0.569. The van der Waals surface area contributed by atoms with Gasteiger partial charge in [-0.15, -0.1) is 0 Å². The summed E-state index contributed by atoms with van der Waals surface area (Å²) in [6, 6.07) is 0. The van der Waals surface area contributed by atoms with Gasteiger partial charge in [-0.2, -0.15) is 0 Å². The lowest BCUT2D eigenvalue weighted by Crippen LogP contribution is -2.44. The Kier molecular flexibility index (Phi) is 5.57. The van der Waals surface area contributed by atoms with Crippen LogP contribution >= 0.6 is 21.6 Å². The summed E-state index contributed by atoms with van der Waals surface area (Å²) in [5, 5.41) is 0. The molecule has 3 heterocycles. The third-order valence-electron chi connectivity index (χ3n) is 5.08. The molecule has 0 fully saturated rings. The monoisotopic (exact) mass is 410 g/mol. The van der Waals surface area contributed by atoms with Crippen LogP contribution in [0.1, 0.15) is 22.5 Å². The van der Waals surface area contributed by atoms with E-state index in [2.05, 4.69) is 0 Å². The van der Waals surface area contributed by atoms with E-state index in [4.69, 9.17) is 0 Å². The van der Waals surface area contributed by atoms with Gasteiger partial charge in [0.2, 0.25) is 0 Å². The summed E-state index contributed by atoms with van der Waals surface area (Å²) in [5.41, 5.74) is 0.487. The fraction of sp³-hybridized carbons (Fsp3) is 0.529. The molecule has 0 N–H and O–H groups in total. The SMILES string of the molecule is Cc1c2c(=O)n(C)c(=O)n1CCSSCCn1c(C)c(c(=O)n(C)c1=O)C2. The van der Waals surface area contributed by atoms with E-state index < -0.39 is 11.1 Å². The van der Waals surface area contributed by atoms with Gasteiger partial charge in [0.15, 0.2) is 0 Å². The van der Waals surface area contributed by atoms with Crippen molar-refractivity contribution in [2.45, 2.75) is 33.4 Å². The molecule has 2 aromatic rings. The first kappa shape index (κ1) is 19.8. The van der Waals surface area contributed by atoms with Crippen LogP contribution in [0.5, 0.6) is 0 Å². The second-order valence-corrected chi connectivity index (χ2v) is 9.25. The third kappa shape index (κ3) is 3.36. The zero-order valence-corrected chi connectivity index (χ0v) is 17.4. The van der Waals surface area contributed by atoms with Crippen LogP contribution in [0.3, 0.4) is 0 Å². The van der Waals surface area contributed by atoms with Crippen molar-refractivity contribution in [1.82, 2.24) is 18.3 Å². The van der Waals surface area contributed by atoms with Gasteiger partial charge in [-0.05, 0) is 13.8 Å². The first-order chi connectivity index (χ1) is 12.8. The van der Waals surface area contributed by atoms with E-state index in [1.165, 1.54) is 14.1 Å². The molecule has 0 atom stereocenters. The van der Waals surface area contributed by atoms with Crippen molar-refractivity contribution in [1.29, 1.82) is 0 Å². The molecule has 27 heavy (non-hydrogen) atoms. The largest absolute Gasteiger partial charge is 0.330 e. The van der Waals surface area contributed by atoms with Crippen molar-refractivity contribution in [2.75, 3.05) is 11.5 Å².